The van der Waals surface area contributed by atoms with E-state index in [0.717, 1.165) is 17.8 Å². The Morgan fingerprint density at radius 3 is 2.37 bits per heavy atom. The third-order valence-corrected chi connectivity index (χ3v) is 7.63. The smallest absolute Gasteiger partial charge is 0.406 e. The van der Waals surface area contributed by atoms with E-state index in [1.165, 1.54) is 24.3 Å². The lowest BCUT2D eigenvalue weighted by atomic mass is 10.1. The molecule has 2 amide bonds. The van der Waals surface area contributed by atoms with Crippen LogP contribution in [0, 0.1) is 11.2 Å². The minimum Gasteiger partial charge on any atom is -0.406 e. The average Bonchev–Trinajstić information content (AvgIpc) is 3.38. The van der Waals surface area contributed by atoms with Crippen LogP contribution in [0.4, 0.5) is 23.2 Å². The van der Waals surface area contributed by atoms with Crippen LogP contribution in [0.2, 0.25) is 0 Å². The number of ether oxygens (including phenoxy) is 1. The number of rotatable bonds is 10. The van der Waals surface area contributed by atoms with Gasteiger partial charge in [-0.3, -0.25) is 15.0 Å². The number of aromatic nitrogens is 2. The SMILES string of the molecule is N=C(N)NCCCC(C(N)=O)n1c(-c2cccc(OC(F)(F)F)c2)nc2cc(C(=O)N3CCN(c4ccc(F)cc4)CC3)ccc21. The van der Waals surface area contributed by atoms with Gasteiger partial charge in [0.2, 0.25) is 5.91 Å². The lowest BCUT2D eigenvalue weighted by molar-refractivity contribution is -0.274. The molecule has 3 aromatic carbocycles. The molecule has 0 spiro atoms. The molecule has 1 unspecified atom stereocenters. The molecule has 1 fully saturated rings. The number of hydrogen-bond donors (Lipinski definition) is 4. The molecule has 4 aromatic rings. The van der Waals surface area contributed by atoms with Crippen molar-refractivity contribution in [3.05, 3.63) is 78.1 Å². The Bertz CT molecular complexity index is 1730. The van der Waals surface area contributed by atoms with Crippen molar-refractivity contribution in [1.29, 1.82) is 5.41 Å². The monoisotopic (exact) mass is 640 g/mol. The molecule has 0 radical (unpaired) electrons. The van der Waals surface area contributed by atoms with Crippen LogP contribution >= 0.6 is 0 Å². The van der Waals surface area contributed by atoms with Crippen molar-refractivity contribution in [2.24, 2.45) is 11.5 Å². The number of piperazine rings is 1. The summed E-state index contributed by atoms with van der Waals surface area (Å²) in [6.07, 6.45) is -4.34. The van der Waals surface area contributed by atoms with Gasteiger partial charge in [-0.1, -0.05) is 12.1 Å². The first-order valence-electron chi connectivity index (χ1n) is 14.4. The topological polar surface area (TPSA) is 156 Å². The highest BCUT2D eigenvalue weighted by Gasteiger charge is 2.32. The Kier molecular flexibility index (Phi) is 9.30. The predicted molar refractivity (Wildman–Crippen MR) is 164 cm³/mol. The third kappa shape index (κ3) is 7.47. The van der Waals surface area contributed by atoms with E-state index in [4.69, 9.17) is 16.9 Å². The van der Waals surface area contributed by atoms with Gasteiger partial charge in [0.15, 0.2) is 5.96 Å². The van der Waals surface area contributed by atoms with Crippen molar-refractivity contribution in [1.82, 2.24) is 19.8 Å². The van der Waals surface area contributed by atoms with Crippen molar-refractivity contribution < 1.29 is 31.9 Å². The molecular formula is C31H32F4N8O3. The number of nitrogens with one attached hydrogen (secondary N) is 2. The zero-order chi connectivity index (χ0) is 33.0. The summed E-state index contributed by atoms with van der Waals surface area (Å²) in [6, 6.07) is 15.2. The Hall–Kier alpha value is -5.34. The summed E-state index contributed by atoms with van der Waals surface area (Å²) in [6.45, 7) is 2.24. The van der Waals surface area contributed by atoms with Crippen LogP contribution < -0.4 is 26.4 Å². The first-order chi connectivity index (χ1) is 21.9. The number of fused-ring (bicyclic) bond motifs is 1. The van der Waals surface area contributed by atoms with Gasteiger partial charge in [0, 0.05) is 49.5 Å². The normalized spacial score (nSPS) is 14.3. The first-order valence-corrected chi connectivity index (χ1v) is 14.4. The van der Waals surface area contributed by atoms with E-state index >= 15 is 0 Å². The molecule has 0 bridgehead atoms. The molecule has 15 heteroatoms. The molecule has 1 aliphatic heterocycles. The van der Waals surface area contributed by atoms with Crippen LogP contribution in [0.5, 0.6) is 5.75 Å². The molecule has 242 valence electrons. The Labute approximate surface area is 261 Å². The van der Waals surface area contributed by atoms with Crippen molar-refractivity contribution in [2.75, 3.05) is 37.6 Å². The summed E-state index contributed by atoms with van der Waals surface area (Å²) < 4.78 is 58.0. The lowest BCUT2D eigenvalue weighted by Crippen LogP contribution is -2.48. The average molecular weight is 641 g/mol. The lowest BCUT2D eigenvalue weighted by Gasteiger charge is -2.36. The van der Waals surface area contributed by atoms with Crippen molar-refractivity contribution >= 4 is 34.5 Å². The molecule has 0 saturated carbocycles. The van der Waals surface area contributed by atoms with Gasteiger partial charge < -0.3 is 35.9 Å². The zero-order valence-electron chi connectivity index (χ0n) is 24.6. The highest BCUT2D eigenvalue weighted by atomic mass is 19.4. The van der Waals surface area contributed by atoms with Gasteiger partial charge in [0.1, 0.15) is 23.4 Å². The van der Waals surface area contributed by atoms with Gasteiger partial charge in [-0.2, -0.15) is 0 Å². The molecule has 1 aliphatic rings. The molecular weight excluding hydrogens is 608 g/mol. The van der Waals surface area contributed by atoms with Gasteiger partial charge >= 0.3 is 6.36 Å². The standard InChI is InChI=1S/C31H32F4N8O3/c32-21-7-9-22(10-8-21)41-13-15-42(16-14-41)29(45)20-6-11-25-24(18-20)40-28(19-3-1-4-23(17-19)46-31(33,34)35)43(25)26(27(36)44)5-2-12-39-30(37)38/h1,3-4,6-11,17-18,26H,2,5,12-16H2,(H2,36,44)(H4,37,38,39). The van der Waals surface area contributed by atoms with Crippen LogP contribution in [0.3, 0.4) is 0 Å². The molecule has 1 atom stereocenters. The number of amides is 2. The van der Waals surface area contributed by atoms with E-state index in [-0.39, 0.29) is 42.0 Å². The summed E-state index contributed by atoms with van der Waals surface area (Å²) in [5.74, 6) is -1.82. The first kappa shape index (κ1) is 32.1. The largest absolute Gasteiger partial charge is 0.573 e. The van der Waals surface area contributed by atoms with E-state index in [1.54, 1.807) is 39.8 Å². The van der Waals surface area contributed by atoms with Gasteiger partial charge in [-0.05, 0) is 67.4 Å². The fourth-order valence-corrected chi connectivity index (χ4v) is 5.50. The van der Waals surface area contributed by atoms with E-state index in [0.29, 0.717) is 49.2 Å². The Balaban J connectivity index is 1.46. The number of guanidine groups is 1. The fourth-order valence-electron chi connectivity index (χ4n) is 5.50. The van der Waals surface area contributed by atoms with E-state index < -0.39 is 24.1 Å². The second kappa shape index (κ2) is 13.3. The second-order valence-electron chi connectivity index (χ2n) is 10.7. The van der Waals surface area contributed by atoms with Gasteiger partial charge in [0.25, 0.3) is 5.91 Å². The molecule has 2 heterocycles. The number of nitrogens with zero attached hydrogens (tertiary/aromatic N) is 4. The molecule has 1 aromatic heterocycles. The minimum absolute atomic E-state index is 0.156. The summed E-state index contributed by atoms with van der Waals surface area (Å²) in [5, 5.41) is 10.0. The molecule has 5 rings (SSSR count). The number of imidazole rings is 1. The van der Waals surface area contributed by atoms with Crippen LogP contribution in [0.25, 0.3) is 22.4 Å². The number of nitrogens with two attached hydrogens (primary N) is 2. The third-order valence-electron chi connectivity index (χ3n) is 7.63. The summed E-state index contributed by atoms with van der Waals surface area (Å²) in [7, 11) is 0. The Morgan fingerprint density at radius 2 is 1.72 bits per heavy atom. The van der Waals surface area contributed by atoms with Gasteiger partial charge in [-0.15, -0.1) is 13.2 Å². The molecule has 0 aliphatic carbocycles. The van der Waals surface area contributed by atoms with Crippen molar-refractivity contribution in [3.8, 4) is 17.1 Å². The maximum atomic E-state index is 13.5. The fraction of sp³-hybridized carbons (Fsp3) is 0.290. The van der Waals surface area contributed by atoms with Crippen LogP contribution in [-0.2, 0) is 4.79 Å². The molecule has 1 saturated heterocycles. The molecule has 11 nitrogen and oxygen atoms in total. The van der Waals surface area contributed by atoms with Crippen molar-refractivity contribution in [2.45, 2.75) is 25.2 Å². The number of alkyl halides is 3. The Morgan fingerprint density at radius 1 is 1.00 bits per heavy atom. The number of hydrogen-bond acceptors (Lipinski definition) is 6. The number of benzene rings is 3. The summed E-state index contributed by atoms with van der Waals surface area (Å²) in [4.78, 5) is 34.7. The quantitative estimate of drug-likeness (QED) is 0.0884. The zero-order valence-corrected chi connectivity index (χ0v) is 24.6. The number of anilines is 1. The highest BCUT2D eigenvalue weighted by molar-refractivity contribution is 5.98. The predicted octanol–water partition coefficient (Wildman–Crippen LogP) is 3.99. The van der Waals surface area contributed by atoms with Crippen LogP contribution in [-0.4, -0.2) is 71.3 Å². The van der Waals surface area contributed by atoms with E-state index in [1.807, 2.05) is 0 Å². The van der Waals surface area contributed by atoms with Crippen LogP contribution in [0.1, 0.15) is 29.2 Å². The molecule has 6 N–H and O–H groups in total. The molecule has 46 heavy (non-hydrogen) atoms. The van der Waals surface area contributed by atoms with E-state index in [9.17, 15) is 27.2 Å². The summed E-state index contributed by atoms with van der Waals surface area (Å²) >= 11 is 0. The number of halogens is 4. The summed E-state index contributed by atoms with van der Waals surface area (Å²) in [5.41, 5.74) is 13.4. The second-order valence-corrected chi connectivity index (χ2v) is 10.7. The number of primary amides is 1. The maximum absolute atomic E-state index is 13.5. The van der Waals surface area contributed by atoms with Gasteiger partial charge in [0.05, 0.1) is 11.0 Å². The number of carbonyl (C=O) groups is 2. The maximum Gasteiger partial charge on any atom is 0.573 e. The van der Waals surface area contributed by atoms with Gasteiger partial charge in [-0.25, -0.2) is 9.37 Å². The van der Waals surface area contributed by atoms with Crippen LogP contribution in [0.15, 0.2) is 66.7 Å². The van der Waals surface area contributed by atoms with E-state index in [2.05, 4.69) is 19.9 Å². The highest BCUT2D eigenvalue weighted by Crippen LogP contribution is 2.34. The van der Waals surface area contributed by atoms with Crippen molar-refractivity contribution in [3.63, 3.8) is 0 Å². The minimum atomic E-state index is -4.92. The number of carbonyl (C=O) groups excluding carboxylic acids is 2.